The molecule has 1 heterocycles. The number of hydrogen-bond acceptors (Lipinski definition) is 6. The molecule has 122 valence electrons. The van der Waals surface area contributed by atoms with E-state index in [1.807, 2.05) is 24.3 Å². The molecule has 2 aromatic rings. The SMILES string of the molecule is O=C(NN1CCc2ccccc21)c1ccc([N+](=O)[O-])c([N+](=O)[O-])c1. The minimum Gasteiger partial charge on any atom is -0.285 e. The number of anilines is 1. The van der Waals surface area contributed by atoms with Gasteiger partial charge in [0.15, 0.2) is 0 Å². The molecule has 1 amide bonds. The largest absolute Gasteiger partial charge is 0.346 e. The van der Waals surface area contributed by atoms with E-state index in [2.05, 4.69) is 5.43 Å². The summed E-state index contributed by atoms with van der Waals surface area (Å²) >= 11 is 0. The van der Waals surface area contributed by atoms with E-state index in [0.29, 0.717) is 6.54 Å². The third kappa shape index (κ3) is 2.74. The highest BCUT2D eigenvalue weighted by Gasteiger charge is 2.27. The molecule has 1 aliphatic heterocycles. The van der Waals surface area contributed by atoms with E-state index in [0.717, 1.165) is 29.8 Å². The zero-order valence-corrected chi connectivity index (χ0v) is 12.3. The summed E-state index contributed by atoms with van der Waals surface area (Å²) in [6.45, 7) is 0.583. The molecule has 0 radical (unpaired) electrons. The van der Waals surface area contributed by atoms with Gasteiger partial charge in [-0.2, -0.15) is 0 Å². The fraction of sp³-hybridized carbons (Fsp3) is 0.133. The van der Waals surface area contributed by atoms with Crippen LogP contribution in [-0.2, 0) is 6.42 Å². The average molecular weight is 328 g/mol. The first-order valence-corrected chi connectivity index (χ1v) is 7.06. The molecule has 0 saturated carbocycles. The number of nitrogens with one attached hydrogen (secondary N) is 1. The third-order valence-electron chi connectivity index (χ3n) is 3.75. The smallest absolute Gasteiger partial charge is 0.285 e. The number of amides is 1. The maximum Gasteiger partial charge on any atom is 0.346 e. The Morgan fingerprint density at radius 3 is 2.46 bits per heavy atom. The zero-order chi connectivity index (χ0) is 17.3. The highest BCUT2D eigenvalue weighted by Crippen LogP contribution is 2.28. The Kier molecular flexibility index (Phi) is 3.82. The molecule has 0 atom stereocenters. The second-order valence-corrected chi connectivity index (χ2v) is 5.19. The standard InChI is InChI=1S/C15H12N4O5/c20-15(16-17-8-7-10-3-1-2-4-12(10)17)11-5-6-13(18(21)22)14(9-11)19(23)24/h1-6,9H,7-8H2,(H,16,20). The molecule has 0 bridgehead atoms. The molecule has 0 spiro atoms. The van der Waals surface area contributed by atoms with Gasteiger partial charge >= 0.3 is 11.4 Å². The van der Waals surface area contributed by atoms with Gasteiger partial charge in [0.2, 0.25) is 0 Å². The number of para-hydroxylation sites is 1. The molecule has 9 nitrogen and oxygen atoms in total. The van der Waals surface area contributed by atoms with Gasteiger partial charge in [0.1, 0.15) is 0 Å². The lowest BCUT2D eigenvalue weighted by Gasteiger charge is -2.20. The van der Waals surface area contributed by atoms with E-state index < -0.39 is 27.1 Å². The monoisotopic (exact) mass is 328 g/mol. The number of rotatable bonds is 4. The van der Waals surface area contributed by atoms with Crippen molar-refractivity contribution in [1.82, 2.24) is 5.43 Å². The Bertz CT molecular complexity index is 852. The Morgan fingerprint density at radius 2 is 1.75 bits per heavy atom. The molecule has 1 N–H and O–H groups in total. The molecule has 1 aliphatic rings. The molecule has 2 aromatic carbocycles. The molecular weight excluding hydrogens is 316 g/mol. The number of carbonyl (C=O) groups excluding carboxylic acids is 1. The van der Waals surface area contributed by atoms with Crippen LogP contribution in [0.15, 0.2) is 42.5 Å². The quantitative estimate of drug-likeness (QED) is 0.679. The van der Waals surface area contributed by atoms with Gasteiger partial charge in [-0.05, 0) is 24.1 Å². The van der Waals surface area contributed by atoms with Crippen molar-refractivity contribution in [2.45, 2.75) is 6.42 Å². The van der Waals surface area contributed by atoms with Gasteiger partial charge in [-0.1, -0.05) is 18.2 Å². The van der Waals surface area contributed by atoms with E-state index in [-0.39, 0.29) is 5.56 Å². The molecule has 0 aliphatic carbocycles. The van der Waals surface area contributed by atoms with Gasteiger partial charge in [0.25, 0.3) is 5.91 Å². The summed E-state index contributed by atoms with van der Waals surface area (Å²) in [5.41, 5.74) is 3.24. The molecule has 9 heteroatoms. The van der Waals surface area contributed by atoms with Gasteiger partial charge in [-0.25, -0.2) is 0 Å². The van der Waals surface area contributed by atoms with Crippen molar-refractivity contribution in [2.75, 3.05) is 11.6 Å². The first kappa shape index (κ1) is 15.4. The second-order valence-electron chi connectivity index (χ2n) is 5.19. The average Bonchev–Trinajstić information content (AvgIpc) is 2.97. The van der Waals surface area contributed by atoms with Gasteiger partial charge in [-0.3, -0.25) is 35.5 Å². The number of fused-ring (bicyclic) bond motifs is 1. The number of carbonyl (C=O) groups is 1. The molecule has 0 aromatic heterocycles. The summed E-state index contributed by atoms with van der Waals surface area (Å²) in [6, 6.07) is 10.6. The summed E-state index contributed by atoms with van der Waals surface area (Å²) in [5.74, 6) is -0.565. The van der Waals surface area contributed by atoms with Crippen LogP contribution in [0.25, 0.3) is 0 Å². The van der Waals surface area contributed by atoms with E-state index in [1.54, 1.807) is 5.01 Å². The molecule has 0 saturated heterocycles. The maximum absolute atomic E-state index is 12.3. The number of nitro benzene ring substituents is 2. The minimum atomic E-state index is -0.875. The van der Waals surface area contributed by atoms with Crippen molar-refractivity contribution in [3.05, 3.63) is 73.8 Å². The predicted molar refractivity (Wildman–Crippen MR) is 84.7 cm³/mol. The lowest BCUT2D eigenvalue weighted by atomic mass is 10.1. The predicted octanol–water partition coefficient (Wildman–Crippen LogP) is 2.21. The molecular formula is C15H12N4O5. The first-order chi connectivity index (χ1) is 11.5. The van der Waals surface area contributed by atoms with Crippen molar-refractivity contribution < 1.29 is 14.6 Å². The summed E-state index contributed by atoms with van der Waals surface area (Å²) in [6.07, 6.45) is 0.775. The second kappa shape index (κ2) is 5.95. The Hall–Kier alpha value is -3.49. The first-order valence-electron chi connectivity index (χ1n) is 7.06. The Labute approximate surface area is 135 Å². The summed E-state index contributed by atoms with van der Waals surface area (Å²) < 4.78 is 0. The summed E-state index contributed by atoms with van der Waals surface area (Å²) in [5, 5.41) is 23.4. The van der Waals surface area contributed by atoms with Crippen LogP contribution in [0, 0.1) is 20.2 Å². The van der Waals surface area contributed by atoms with E-state index in [1.165, 1.54) is 6.07 Å². The fourth-order valence-electron chi connectivity index (χ4n) is 2.61. The normalized spacial score (nSPS) is 12.6. The van der Waals surface area contributed by atoms with Crippen LogP contribution < -0.4 is 10.4 Å². The molecule has 0 unspecified atom stereocenters. The van der Waals surface area contributed by atoms with Crippen LogP contribution in [0.1, 0.15) is 15.9 Å². The van der Waals surface area contributed by atoms with Crippen LogP contribution in [0.3, 0.4) is 0 Å². The third-order valence-corrected chi connectivity index (χ3v) is 3.75. The molecule has 0 fully saturated rings. The lowest BCUT2D eigenvalue weighted by molar-refractivity contribution is -0.422. The van der Waals surface area contributed by atoms with Crippen LogP contribution in [0.5, 0.6) is 0 Å². The molecule has 24 heavy (non-hydrogen) atoms. The van der Waals surface area contributed by atoms with Crippen LogP contribution in [0.2, 0.25) is 0 Å². The number of hydrazine groups is 1. The number of nitro groups is 2. The number of benzene rings is 2. The van der Waals surface area contributed by atoms with E-state index in [9.17, 15) is 25.0 Å². The van der Waals surface area contributed by atoms with Crippen LogP contribution in [-0.4, -0.2) is 22.3 Å². The highest BCUT2D eigenvalue weighted by molar-refractivity contribution is 5.96. The van der Waals surface area contributed by atoms with Crippen molar-refractivity contribution >= 4 is 23.0 Å². The summed E-state index contributed by atoms with van der Waals surface area (Å²) in [4.78, 5) is 32.4. The maximum atomic E-state index is 12.3. The van der Waals surface area contributed by atoms with Gasteiger partial charge in [-0.15, -0.1) is 0 Å². The fourth-order valence-corrected chi connectivity index (χ4v) is 2.61. The summed E-state index contributed by atoms with van der Waals surface area (Å²) in [7, 11) is 0. The molecule has 3 rings (SSSR count). The lowest BCUT2D eigenvalue weighted by Crippen LogP contribution is -2.41. The van der Waals surface area contributed by atoms with Gasteiger partial charge in [0.05, 0.1) is 15.5 Å². The van der Waals surface area contributed by atoms with Gasteiger partial charge < -0.3 is 0 Å². The van der Waals surface area contributed by atoms with Crippen molar-refractivity contribution in [2.24, 2.45) is 0 Å². The van der Waals surface area contributed by atoms with Crippen LogP contribution >= 0.6 is 0 Å². The highest BCUT2D eigenvalue weighted by atomic mass is 16.6. The Balaban J connectivity index is 1.85. The van der Waals surface area contributed by atoms with Crippen molar-refractivity contribution in [3.8, 4) is 0 Å². The van der Waals surface area contributed by atoms with Crippen LogP contribution in [0.4, 0.5) is 17.1 Å². The Morgan fingerprint density at radius 1 is 1.04 bits per heavy atom. The topological polar surface area (TPSA) is 119 Å². The number of hydrogen-bond donors (Lipinski definition) is 1. The zero-order valence-electron chi connectivity index (χ0n) is 12.3. The van der Waals surface area contributed by atoms with E-state index in [4.69, 9.17) is 0 Å². The van der Waals surface area contributed by atoms with Crippen molar-refractivity contribution in [1.29, 1.82) is 0 Å². The van der Waals surface area contributed by atoms with Gasteiger partial charge in [0, 0.05) is 24.2 Å². The number of nitrogens with zero attached hydrogens (tertiary/aromatic N) is 3. The minimum absolute atomic E-state index is 0.0170. The van der Waals surface area contributed by atoms with Crippen molar-refractivity contribution in [3.63, 3.8) is 0 Å². The van der Waals surface area contributed by atoms with E-state index >= 15 is 0 Å².